The summed E-state index contributed by atoms with van der Waals surface area (Å²) in [6, 6.07) is 15.3. The summed E-state index contributed by atoms with van der Waals surface area (Å²) in [6.45, 7) is 5.28. The Bertz CT molecular complexity index is 1230. The number of hydrogen-bond donors (Lipinski definition) is 2. The molecule has 1 saturated heterocycles. The van der Waals surface area contributed by atoms with Gasteiger partial charge in [-0.3, -0.25) is 14.2 Å². The fraction of sp³-hybridized carbons (Fsp3) is 0.444. The number of benzene rings is 2. The van der Waals surface area contributed by atoms with Gasteiger partial charge in [0.15, 0.2) is 0 Å². The molecule has 34 heavy (non-hydrogen) atoms. The number of H-pyrrole nitrogens is 1. The van der Waals surface area contributed by atoms with E-state index in [1.165, 1.54) is 30.3 Å². The second kappa shape index (κ2) is 11.3. The molecule has 4 rings (SSSR count). The first-order valence-electron chi connectivity index (χ1n) is 12.4. The highest BCUT2D eigenvalue weighted by Crippen LogP contribution is 2.19. The standard InChI is InChI=1S/C27H34N4O3/c1-2-22-11-6-7-16-30(22)17-8-15-28-25(32)21-12-13-23-24(19-21)29-27(34)31(26(23)33)18-14-20-9-4-3-5-10-20/h3-5,9-10,12-13,19,22H,2,6-8,11,14-18H2,1H3,(H,28,32)(H,29,34)/t22-/m0/s1. The maximum atomic E-state index is 12.9. The van der Waals surface area contributed by atoms with Crippen molar-refractivity contribution in [1.29, 1.82) is 0 Å². The minimum atomic E-state index is -0.460. The average molecular weight is 463 g/mol. The molecule has 7 heteroatoms. The second-order valence-corrected chi connectivity index (χ2v) is 9.09. The molecule has 1 aromatic heterocycles. The summed E-state index contributed by atoms with van der Waals surface area (Å²) in [6.07, 6.45) is 6.51. The summed E-state index contributed by atoms with van der Waals surface area (Å²) in [4.78, 5) is 43.4. The summed E-state index contributed by atoms with van der Waals surface area (Å²) >= 11 is 0. The van der Waals surface area contributed by atoms with Gasteiger partial charge in [-0.15, -0.1) is 0 Å². The van der Waals surface area contributed by atoms with Gasteiger partial charge in [0.1, 0.15) is 0 Å². The summed E-state index contributed by atoms with van der Waals surface area (Å²) in [5.41, 5.74) is 1.09. The van der Waals surface area contributed by atoms with Crippen LogP contribution in [0, 0.1) is 0 Å². The van der Waals surface area contributed by atoms with Crippen LogP contribution in [0.4, 0.5) is 0 Å². The molecule has 0 radical (unpaired) electrons. The smallest absolute Gasteiger partial charge is 0.328 e. The summed E-state index contributed by atoms with van der Waals surface area (Å²) in [5.74, 6) is -0.193. The van der Waals surface area contributed by atoms with Crippen LogP contribution in [0.25, 0.3) is 10.9 Å². The van der Waals surface area contributed by atoms with Crippen LogP contribution in [0.3, 0.4) is 0 Å². The Morgan fingerprint density at radius 2 is 1.91 bits per heavy atom. The molecule has 1 aliphatic rings. The first-order chi connectivity index (χ1) is 16.6. The second-order valence-electron chi connectivity index (χ2n) is 9.09. The third kappa shape index (κ3) is 5.65. The van der Waals surface area contributed by atoms with E-state index in [1.807, 2.05) is 30.3 Å². The minimum Gasteiger partial charge on any atom is -0.352 e. The van der Waals surface area contributed by atoms with Crippen LogP contribution in [0.15, 0.2) is 58.1 Å². The monoisotopic (exact) mass is 462 g/mol. The Morgan fingerprint density at radius 3 is 2.71 bits per heavy atom. The maximum absolute atomic E-state index is 12.9. The van der Waals surface area contributed by atoms with Gasteiger partial charge in [-0.05, 0) is 62.4 Å². The van der Waals surface area contributed by atoms with Crippen molar-refractivity contribution < 1.29 is 4.79 Å². The Balaban J connectivity index is 1.38. The number of rotatable bonds is 9. The van der Waals surface area contributed by atoms with Crippen molar-refractivity contribution in [3.8, 4) is 0 Å². The predicted molar refractivity (Wildman–Crippen MR) is 135 cm³/mol. The number of nitrogens with one attached hydrogen (secondary N) is 2. The molecule has 0 unspecified atom stereocenters. The van der Waals surface area contributed by atoms with E-state index in [0.29, 0.717) is 42.0 Å². The number of piperidine rings is 1. The first kappa shape index (κ1) is 24.0. The minimum absolute atomic E-state index is 0.193. The fourth-order valence-corrected chi connectivity index (χ4v) is 4.89. The lowest BCUT2D eigenvalue weighted by molar-refractivity contribution is 0.0947. The molecule has 1 atom stereocenters. The van der Waals surface area contributed by atoms with Gasteiger partial charge in [0.25, 0.3) is 11.5 Å². The van der Waals surface area contributed by atoms with Crippen LogP contribution >= 0.6 is 0 Å². The number of hydrogen-bond acceptors (Lipinski definition) is 4. The van der Waals surface area contributed by atoms with Gasteiger partial charge < -0.3 is 15.2 Å². The average Bonchev–Trinajstić information content (AvgIpc) is 2.86. The largest absolute Gasteiger partial charge is 0.352 e. The van der Waals surface area contributed by atoms with Crippen molar-refractivity contribution in [3.05, 3.63) is 80.5 Å². The van der Waals surface area contributed by atoms with E-state index in [9.17, 15) is 14.4 Å². The van der Waals surface area contributed by atoms with Crippen molar-refractivity contribution in [3.63, 3.8) is 0 Å². The summed E-state index contributed by atoms with van der Waals surface area (Å²) in [5, 5.41) is 3.38. The Kier molecular flexibility index (Phi) is 7.95. The number of aromatic nitrogens is 2. The topological polar surface area (TPSA) is 87.2 Å². The molecule has 1 aliphatic heterocycles. The van der Waals surface area contributed by atoms with Crippen LogP contribution < -0.4 is 16.6 Å². The van der Waals surface area contributed by atoms with E-state index in [2.05, 4.69) is 22.1 Å². The van der Waals surface area contributed by atoms with Crippen molar-refractivity contribution in [1.82, 2.24) is 19.8 Å². The SMILES string of the molecule is CC[C@H]1CCCCN1CCCNC(=O)c1ccc2c(=O)n(CCc3ccccc3)c(=O)[nH]c2c1. The molecule has 1 fully saturated rings. The number of aryl methyl sites for hydroxylation is 1. The van der Waals surface area contributed by atoms with Gasteiger partial charge in [-0.25, -0.2) is 4.79 Å². The van der Waals surface area contributed by atoms with Crippen LogP contribution in [0.5, 0.6) is 0 Å². The Morgan fingerprint density at radius 1 is 1.09 bits per heavy atom. The number of nitrogens with zero attached hydrogens (tertiary/aromatic N) is 2. The van der Waals surface area contributed by atoms with Crippen molar-refractivity contribution in [2.75, 3.05) is 19.6 Å². The van der Waals surface area contributed by atoms with Crippen molar-refractivity contribution in [2.45, 2.75) is 58.0 Å². The maximum Gasteiger partial charge on any atom is 0.328 e. The van der Waals surface area contributed by atoms with Gasteiger partial charge in [-0.2, -0.15) is 0 Å². The molecule has 2 N–H and O–H groups in total. The third-order valence-electron chi connectivity index (χ3n) is 6.84. The summed E-state index contributed by atoms with van der Waals surface area (Å²) in [7, 11) is 0. The normalized spacial score (nSPS) is 16.6. The van der Waals surface area contributed by atoms with Crippen LogP contribution in [-0.4, -0.2) is 46.0 Å². The molecule has 2 aromatic carbocycles. The number of carbonyl (C=O) groups is 1. The highest BCUT2D eigenvalue weighted by Gasteiger charge is 2.20. The van der Waals surface area contributed by atoms with Crippen LogP contribution in [-0.2, 0) is 13.0 Å². The molecule has 7 nitrogen and oxygen atoms in total. The molecule has 0 aliphatic carbocycles. The van der Waals surface area contributed by atoms with Gasteiger partial charge in [0, 0.05) is 31.2 Å². The lowest BCUT2D eigenvalue weighted by Gasteiger charge is -2.35. The van der Waals surface area contributed by atoms with Crippen LogP contribution in [0.1, 0.15) is 54.9 Å². The first-order valence-corrected chi connectivity index (χ1v) is 12.4. The van der Waals surface area contributed by atoms with E-state index in [1.54, 1.807) is 18.2 Å². The zero-order valence-corrected chi connectivity index (χ0v) is 19.9. The van der Waals surface area contributed by atoms with E-state index < -0.39 is 5.69 Å². The molecule has 180 valence electrons. The van der Waals surface area contributed by atoms with Gasteiger partial charge in [0.2, 0.25) is 0 Å². The molecule has 0 spiro atoms. The number of carbonyl (C=O) groups excluding carboxylic acids is 1. The van der Waals surface area contributed by atoms with Gasteiger partial charge >= 0.3 is 5.69 Å². The highest BCUT2D eigenvalue weighted by molar-refractivity contribution is 5.97. The van der Waals surface area contributed by atoms with E-state index in [4.69, 9.17) is 0 Å². The molecule has 2 heterocycles. The molecular weight excluding hydrogens is 428 g/mol. The zero-order valence-electron chi connectivity index (χ0n) is 19.9. The van der Waals surface area contributed by atoms with Crippen molar-refractivity contribution in [2.24, 2.45) is 0 Å². The molecular formula is C27H34N4O3. The quantitative estimate of drug-likeness (QED) is 0.478. The zero-order chi connectivity index (χ0) is 23.9. The van der Waals surface area contributed by atoms with Crippen molar-refractivity contribution >= 4 is 16.8 Å². The molecule has 0 bridgehead atoms. The number of fused-ring (bicyclic) bond motifs is 1. The van der Waals surface area contributed by atoms with E-state index >= 15 is 0 Å². The Hall–Kier alpha value is -3.19. The molecule has 3 aromatic rings. The van der Waals surface area contributed by atoms with Gasteiger partial charge in [0.05, 0.1) is 10.9 Å². The lowest BCUT2D eigenvalue weighted by Crippen LogP contribution is -2.40. The number of aromatic amines is 1. The van der Waals surface area contributed by atoms with E-state index in [0.717, 1.165) is 25.1 Å². The van der Waals surface area contributed by atoms with Gasteiger partial charge in [-0.1, -0.05) is 43.7 Å². The third-order valence-corrected chi connectivity index (χ3v) is 6.84. The highest BCUT2D eigenvalue weighted by atomic mass is 16.2. The number of likely N-dealkylation sites (tertiary alicyclic amines) is 1. The van der Waals surface area contributed by atoms with Crippen LogP contribution in [0.2, 0.25) is 0 Å². The summed E-state index contributed by atoms with van der Waals surface area (Å²) < 4.78 is 1.22. The number of amides is 1. The molecule has 0 saturated carbocycles. The fourth-order valence-electron chi connectivity index (χ4n) is 4.89. The predicted octanol–water partition coefficient (Wildman–Crippen LogP) is 3.32. The van der Waals surface area contributed by atoms with E-state index in [-0.39, 0.29) is 11.5 Å². The lowest BCUT2D eigenvalue weighted by atomic mass is 10.00. The molecule has 1 amide bonds. The Labute approximate surface area is 199 Å².